The molecular weight excluding hydrogens is 372 g/mol. The van der Waals surface area contributed by atoms with Crippen LogP contribution in [-0.2, 0) is 0 Å². The van der Waals surface area contributed by atoms with Gasteiger partial charge in [-0.05, 0) is 31.9 Å². The molecule has 0 N–H and O–H groups in total. The molecule has 1 aromatic carbocycles. The van der Waals surface area contributed by atoms with Crippen LogP contribution in [0.4, 0.5) is 0 Å². The molecule has 4 rings (SSSR count). The summed E-state index contributed by atoms with van der Waals surface area (Å²) < 4.78 is 5.53. The second-order valence-electron chi connectivity index (χ2n) is 6.85. The van der Waals surface area contributed by atoms with Crippen LogP contribution in [0, 0.1) is 6.92 Å². The van der Waals surface area contributed by atoms with Crippen molar-refractivity contribution in [2.24, 2.45) is 0 Å². The van der Waals surface area contributed by atoms with Gasteiger partial charge in [0.1, 0.15) is 10.6 Å². The second-order valence-corrected chi connectivity index (χ2v) is 7.70. The number of thiazole rings is 1. The maximum atomic E-state index is 13.0. The van der Waals surface area contributed by atoms with E-state index in [9.17, 15) is 4.79 Å². The molecule has 0 bridgehead atoms. The summed E-state index contributed by atoms with van der Waals surface area (Å²) in [6.07, 6.45) is 5.35. The number of aromatic nitrogens is 3. The van der Waals surface area contributed by atoms with E-state index < -0.39 is 0 Å². The Morgan fingerprint density at radius 1 is 1.21 bits per heavy atom. The van der Waals surface area contributed by atoms with Crippen molar-refractivity contribution in [1.29, 1.82) is 0 Å². The number of hydrogen-bond donors (Lipinski definition) is 0. The van der Waals surface area contributed by atoms with Crippen LogP contribution < -0.4 is 4.74 Å². The predicted molar refractivity (Wildman–Crippen MR) is 109 cm³/mol. The highest BCUT2D eigenvalue weighted by Gasteiger charge is 2.30. The van der Waals surface area contributed by atoms with Crippen LogP contribution in [0.3, 0.4) is 0 Å². The lowest BCUT2D eigenvalue weighted by molar-refractivity contribution is 0.0710. The Morgan fingerprint density at radius 2 is 2.04 bits per heavy atom. The number of piperidine rings is 1. The van der Waals surface area contributed by atoms with E-state index in [2.05, 4.69) is 15.0 Å². The molecule has 3 heterocycles. The van der Waals surface area contributed by atoms with Gasteiger partial charge in [-0.2, -0.15) is 0 Å². The number of ether oxygens (including phenoxy) is 1. The van der Waals surface area contributed by atoms with Crippen LogP contribution in [-0.4, -0.2) is 46.0 Å². The summed E-state index contributed by atoms with van der Waals surface area (Å²) >= 11 is 1.41. The Morgan fingerprint density at radius 3 is 2.82 bits per heavy atom. The molecular formula is C21H22N4O2S. The molecule has 6 nitrogen and oxygen atoms in total. The van der Waals surface area contributed by atoms with Gasteiger partial charge >= 0.3 is 0 Å². The van der Waals surface area contributed by atoms with Crippen LogP contribution in [0.25, 0.3) is 11.3 Å². The zero-order valence-electron chi connectivity index (χ0n) is 16.0. The van der Waals surface area contributed by atoms with Crippen molar-refractivity contribution in [1.82, 2.24) is 19.9 Å². The van der Waals surface area contributed by atoms with Crippen molar-refractivity contribution in [3.8, 4) is 17.0 Å². The van der Waals surface area contributed by atoms with Crippen LogP contribution in [0.15, 0.2) is 42.2 Å². The summed E-state index contributed by atoms with van der Waals surface area (Å²) in [5.41, 5.74) is 5.20. The highest BCUT2D eigenvalue weighted by molar-refractivity contribution is 7.11. The van der Waals surface area contributed by atoms with Gasteiger partial charge in [0.25, 0.3) is 5.91 Å². The minimum atomic E-state index is 0.0624. The van der Waals surface area contributed by atoms with E-state index in [1.165, 1.54) is 11.3 Å². The van der Waals surface area contributed by atoms with Gasteiger partial charge in [-0.15, -0.1) is 11.3 Å². The molecule has 3 aromatic rings. The van der Waals surface area contributed by atoms with Crippen LogP contribution in [0.1, 0.15) is 39.8 Å². The topological polar surface area (TPSA) is 68.2 Å². The van der Waals surface area contributed by atoms with Gasteiger partial charge in [0.2, 0.25) is 0 Å². The summed E-state index contributed by atoms with van der Waals surface area (Å²) in [5.74, 6) is 0.972. The molecule has 144 valence electrons. The van der Waals surface area contributed by atoms with Gasteiger partial charge in [0.15, 0.2) is 0 Å². The standard InChI is InChI=1S/C21H22N4O2S/c1-14-20(28-13-24-14)21(26)25-11-5-6-15(12-25)18-19(23-10-9-22-18)16-7-3-4-8-17(16)27-2/h3-4,7-10,13,15H,5-6,11-12H2,1-2H3/t15-/m0/s1. The van der Waals surface area contributed by atoms with E-state index in [1.54, 1.807) is 25.0 Å². The van der Waals surface area contributed by atoms with Crippen molar-refractivity contribution >= 4 is 17.2 Å². The lowest BCUT2D eigenvalue weighted by atomic mass is 9.91. The van der Waals surface area contributed by atoms with Crippen LogP contribution in [0.2, 0.25) is 0 Å². The van der Waals surface area contributed by atoms with Gasteiger partial charge < -0.3 is 9.64 Å². The first kappa shape index (κ1) is 18.6. The SMILES string of the molecule is COc1ccccc1-c1nccnc1[C@H]1CCCN(C(=O)c2scnc2C)C1. The minimum absolute atomic E-state index is 0.0624. The molecule has 0 aliphatic carbocycles. The number of carbonyl (C=O) groups is 1. The van der Waals surface area contributed by atoms with Crippen molar-refractivity contribution in [3.63, 3.8) is 0 Å². The van der Waals surface area contributed by atoms with E-state index in [4.69, 9.17) is 4.74 Å². The van der Waals surface area contributed by atoms with Crippen molar-refractivity contribution in [3.05, 3.63) is 58.4 Å². The van der Waals surface area contributed by atoms with Crippen LogP contribution >= 0.6 is 11.3 Å². The maximum absolute atomic E-state index is 13.0. The maximum Gasteiger partial charge on any atom is 0.265 e. The zero-order chi connectivity index (χ0) is 19.5. The molecule has 1 saturated heterocycles. The largest absolute Gasteiger partial charge is 0.496 e. The highest BCUT2D eigenvalue weighted by Crippen LogP contribution is 2.36. The summed E-state index contributed by atoms with van der Waals surface area (Å²) in [6, 6.07) is 7.84. The molecule has 0 radical (unpaired) electrons. The Balaban J connectivity index is 1.65. The molecule has 1 atom stereocenters. The van der Waals surface area contributed by atoms with Gasteiger partial charge in [0, 0.05) is 37.0 Å². The lowest BCUT2D eigenvalue weighted by Crippen LogP contribution is -2.39. The zero-order valence-corrected chi connectivity index (χ0v) is 16.8. The molecule has 28 heavy (non-hydrogen) atoms. The minimum Gasteiger partial charge on any atom is -0.496 e. The number of benzene rings is 1. The van der Waals surface area contributed by atoms with E-state index in [-0.39, 0.29) is 11.8 Å². The second kappa shape index (κ2) is 8.06. The Hall–Kier alpha value is -2.80. The molecule has 7 heteroatoms. The molecule has 1 fully saturated rings. The third-order valence-corrected chi connectivity index (χ3v) is 6.04. The quantitative estimate of drug-likeness (QED) is 0.670. The molecule has 1 aliphatic heterocycles. The first-order valence-electron chi connectivity index (χ1n) is 9.32. The Bertz CT molecular complexity index is 988. The number of rotatable bonds is 4. The summed E-state index contributed by atoms with van der Waals surface area (Å²) in [5, 5.41) is 0. The Kier molecular flexibility index (Phi) is 5.34. The van der Waals surface area contributed by atoms with Crippen molar-refractivity contribution in [2.75, 3.05) is 20.2 Å². The number of nitrogens with zero attached hydrogens (tertiary/aromatic N) is 4. The van der Waals surface area contributed by atoms with Gasteiger partial charge in [-0.25, -0.2) is 4.98 Å². The smallest absolute Gasteiger partial charge is 0.265 e. The molecule has 1 amide bonds. The monoisotopic (exact) mass is 394 g/mol. The Labute approximate surface area is 168 Å². The van der Waals surface area contributed by atoms with E-state index >= 15 is 0 Å². The number of hydrogen-bond acceptors (Lipinski definition) is 6. The fourth-order valence-electron chi connectivity index (χ4n) is 3.73. The average molecular weight is 395 g/mol. The van der Waals surface area contributed by atoms with Gasteiger partial charge in [-0.3, -0.25) is 14.8 Å². The number of methoxy groups -OCH3 is 1. The van der Waals surface area contributed by atoms with Gasteiger partial charge in [-0.1, -0.05) is 12.1 Å². The highest BCUT2D eigenvalue weighted by atomic mass is 32.1. The molecule has 0 spiro atoms. The van der Waals surface area contributed by atoms with Crippen molar-refractivity contribution in [2.45, 2.75) is 25.7 Å². The number of para-hydroxylation sites is 1. The number of carbonyl (C=O) groups excluding carboxylic acids is 1. The molecule has 1 aliphatic rings. The first-order chi connectivity index (χ1) is 13.7. The normalized spacial score (nSPS) is 16.8. The van der Waals surface area contributed by atoms with E-state index in [0.29, 0.717) is 6.54 Å². The summed E-state index contributed by atoms with van der Waals surface area (Å²) in [7, 11) is 1.66. The molecule has 0 unspecified atom stereocenters. The lowest BCUT2D eigenvalue weighted by Gasteiger charge is -2.33. The summed E-state index contributed by atoms with van der Waals surface area (Å²) in [6.45, 7) is 3.28. The average Bonchev–Trinajstić information content (AvgIpc) is 3.19. The van der Waals surface area contributed by atoms with Crippen molar-refractivity contribution < 1.29 is 9.53 Å². The third kappa shape index (κ3) is 3.49. The fraction of sp³-hybridized carbons (Fsp3) is 0.333. The van der Waals surface area contributed by atoms with Gasteiger partial charge in [0.05, 0.1) is 29.7 Å². The van der Waals surface area contributed by atoms with Crippen LogP contribution in [0.5, 0.6) is 5.75 Å². The number of amides is 1. The molecule has 2 aromatic heterocycles. The van der Waals surface area contributed by atoms with E-state index in [0.717, 1.165) is 52.7 Å². The number of aryl methyl sites for hydroxylation is 1. The third-order valence-electron chi connectivity index (χ3n) is 5.12. The first-order valence-corrected chi connectivity index (χ1v) is 10.2. The number of likely N-dealkylation sites (tertiary alicyclic amines) is 1. The predicted octanol–water partition coefficient (Wildman–Crippen LogP) is 3.94. The summed E-state index contributed by atoms with van der Waals surface area (Å²) in [4.78, 5) is 29.1. The fourth-order valence-corrected chi connectivity index (χ4v) is 4.50. The van der Waals surface area contributed by atoms with E-state index in [1.807, 2.05) is 36.1 Å². The molecule has 0 saturated carbocycles.